The van der Waals surface area contributed by atoms with Crippen LogP contribution in [0.3, 0.4) is 0 Å². The van der Waals surface area contributed by atoms with Crippen LogP contribution in [0, 0.1) is 0 Å². The zero-order valence-electron chi connectivity index (χ0n) is 13.5. The largest absolute Gasteiger partial charge is 0.507 e. The smallest absolute Gasteiger partial charge is 0.170 e. The lowest BCUT2D eigenvalue weighted by atomic mass is 10.0. The molecule has 0 bridgehead atoms. The highest BCUT2D eigenvalue weighted by Gasteiger charge is 2.18. The molecule has 5 heteroatoms. The predicted molar refractivity (Wildman–Crippen MR) is 92.1 cm³/mol. The minimum atomic E-state index is -0.136. The molecule has 0 fully saturated rings. The van der Waals surface area contributed by atoms with Crippen molar-refractivity contribution in [3.8, 4) is 17.2 Å². The normalized spacial score (nSPS) is 10.4. The first kappa shape index (κ1) is 17.2. The molecule has 2 aromatic carbocycles. The molecule has 122 valence electrons. The Morgan fingerprint density at radius 1 is 1.13 bits per heavy atom. The Labute approximate surface area is 140 Å². The lowest BCUT2D eigenvalue weighted by Gasteiger charge is -2.11. The average Bonchev–Trinajstić information content (AvgIpc) is 2.59. The van der Waals surface area contributed by atoms with Gasteiger partial charge in [-0.2, -0.15) is 0 Å². The van der Waals surface area contributed by atoms with E-state index in [9.17, 15) is 9.90 Å². The van der Waals surface area contributed by atoms with E-state index in [1.807, 2.05) is 30.5 Å². The van der Waals surface area contributed by atoms with E-state index in [2.05, 4.69) is 0 Å². The molecule has 0 aliphatic rings. The number of carbonyl (C=O) groups is 1. The summed E-state index contributed by atoms with van der Waals surface area (Å²) in [5.74, 6) is 1.03. The molecule has 0 saturated heterocycles. The van der Waals surface area contributed by atoms with Crippen LogP contribution >= 0.6 is 11.8 Å². The molecule has 0 saturated carbocycles. The zero-order valence-corrected chi connectivity index (χ0v) is 14.3. The van der Waals surface area contributed by atoms with Gasteiger partial charge in [-0.1, -0.05) is 12.1 Å². The number of ketones is 1. The van der Waals surface area contributed by atoms with Gasteiger partial charge >= 0.3 is 0 Å². The second-order valence-electron chi connectivity index (χ2n) is 5.00. The summed E-state index contributed by atoms with van der Waals surface area (Å²) in [6, 6.07) is 11.0. The molecule has 0 amide bonds. The fourth-order valence-electron chi connectivity index (χ4n) is 2.31. The van der Waals surface area contributed by atoms with E-state index in [0.717, 1.165) is 16.2 Å². The van der Waals surface area contributed by atoms with Gasteiger partial charge in [0.15, 0.2) is 5.78 Å². The number of thioether (sulfide) groups is 1. The summed E-state index contributed by atoms with van der Waals surface area (Å²) in [5, 5.41) is 10.1. The standard InChI is InChI=1S/C18H20O4S/c1-21-13-7-4-12(5-8-13)6-9-15(19)18-16(20)10-14(23-3)11-17(18)22-2/h4-5,7-8,10-11,20H,6,9H2,1-3H3. The third-order valence-electron chi connectivity index (χ3n) is 3.59. The number of benzene rings is 2. The quantitative estimate of drug-likeness (QED) is 0.615. The number of hydrogen-bond donors (Lipinski definition) is 1. The summed E-state index contributed by atoms with van der Waals surface area (Å²) >= 11 is 1.48. The summed E-state index contributed by atoms with van der Waals surface area (Å²) in [7, 11) is 3.12. The van der Waals surface area contributed by atoms with Gasteiger partial charge < -0.3 is 14.6 Å². The highest BCUT2D eigenvalue weighted by Crippen LogP contribution is 2.34. The molecule has 0 radical (unpaired) electrons. The lowest BCUT2D eigenvalue weighted by Crippen LogP contribution is -2.05. The van der Waals surface area contributed by atoms with Crippen LogP contribution in [0.25, 0.3) is 0 Å². The number of aryl methyl sites for hydroxylation is 1. The van der Waals surface area contributed by atoms with Crippen LogP contribution in [0.5, 0.6) is 17.2 Å². The summed E-state index contributed by atoms with van der Waals surface area (Å²) < 4.78 is 10.4. The van der Waals surface area contributed by atoms with E-state index >= 15 is 0 Å². The number of methoxy groups -OCH3 is 2. The Morgan fingerprint density at radius 2 is 1.83 bits per heavy atom. The van der Waals surface area contributed by atoms with Gasteiger partial charge in [-0.15, -0.1) is 11.8 Å². The minimum absolute atomic E-state index is 0.0339. The number of phenols is 1. The minimum Gasteiger partial charge on any atom is -0.507 e. The maximum Gasteiger partial charge on any atom is 0.170 e. The third-order valence-corrected chi connectivity index (χ3v) is 4.30. The summed E-state index contributed by atoms with van der Waals surface area (Å²) in [4.78, 5) is 13.3. The van der Waals surface area contributed by atoms with E-state index in [1.54, 1.807) is 19.2 Å². The second-order valence-corrected chi connectivity index (χ2v) is 5.87. The Bertz CT molecular complexity index is 680. The fourth-order valence-corrected chi connectivity index (χ4v) is 2.76. The van der Waals surface area contributed by atoms with Crippen LogP contribution in [-0.2, 0) is 6.42 Å². The summed E-state index contributed by atoms with van der Waals surface area (Å²) in [6.45, 7) is 0. The van der Waals surface area contributed by atoms with Crippen molar-refractivity contribution in [3.63, 3.8) is 0 Å². The van der Waals surface area contributed by atoms with Crippen molar-refractivity contribution < 1.29 is 19.4 Å². The van der Waals surface area contributed by atoms with Gasteiger partial charge in [0.1, 0.15) is 22.8 Å². The number of rotatable bonds is 7. The van der Waals surface area contributed by atoms with Gasteiger partial charge in [-0.25, -0.2) is 0 Å². The van der Waals surface area contributed by atoms with Crippen molar-refractivity contribution in [1.29, 1.82) is 0 Å². The lowest BCUT2D eigenvalue weighted by molar-refractivity contribution is 0.0977. The topological polar surface area (TPSA) is 55.8 Å². The number of phenolic OH excluding ortho intramolecular Hbond substituents is 1. The Hall–Kier alpha value is -2.14. The maximum atomic E-state index is 12.5. The van der Waals surface area contributed by atoms with Gasteiger partial charge in [0, 0.05) is 11.3 Å². The number of aromatic hydroxyl groups is 1. The van der Waals surface area contributed by atoms with E-state index < -0.39 is 0 Å². The van der Waals surface area contributed by atoms with Crippen LogP contribution in [0.1, 0.15) is 22.3 Å². The Kier molecular flexibility index (Phi) is 5.93. The van der Waals surface area contributed by atoms with Gasteiger partial charge in [0.25, 0.3) is 0 Å². The highest BCUT2D eigenvalue weighted by molar-refractivity contribution is 7.98. The number of ether oxygens (including phenoxy) is 2. The van der Waals surface area contributed by atoms with Crippen molar-refractivity contribution in [2.75, 3.05) is 20.5 Å². The molecule has 0 atom stereocenters. The van der Waals surface area contributed by atoms with E-state index in [-0.39, 0.29) is 17.1 Å². The average molecular weight is 332 g/mol. The predicted octanol–water partition coefficient (Wildman–Crippen LogP) is 3.95. The van der Waals surface area contributed by atoms with Crippen molar-refractivity contribution in [3.05, 3.63) is 47.5 Å². The first-order valence-corrected chi connectivity index (χ1v) is 8.42. The first-order valence-electron chi connectivity index (χ1n) is 7.20. The van der Waals surface area contributed by atoms with Gasteiger partial charge in [0.2, 0.25) is 0 Å². The SMILES string of the molecule is COc1ccc(CCC(=O)c2c(O)cc(SC)cc2OC)cc1. The van der Waals surface area contributed by atoms with Gasteiger partial charge in [0.05, 0.1) is 14.2 Å². The molecule has 2 aromatic rings. The zero-order chi connectivity index (χ0) is 16.8. The summed E-state index contributed by atoms with van der Waals surface area (Å²) in [5.41, 5.74) is 1.29. The van der Waals surface area contributed by atoms with Crippen LogP contribution in [0.4, 0.5) is 0 Å². The molecular formula is C18H20O4S. The molecule has 0 spiro atoms. The maximum absolute atomic E-state index is 12.5. The molecule has 0 unspecified atom stereocenters. The molecular weight excluding hydrogens is 312 g/mol. The second kappa shape index (κ2) is 7.92. The van der Waals surface area contributed by atoms with Crippen molar-refractivity contribution in [2.24, 2.45) is 0 Å². The number of hydrogen-bond acceptors (Lipinski definition) is 5. The van der Waals surface area contributed by atoms with Gasteiger partial charge in [-0.3, -0.25) is 4.79 Å². The van der Waals surface area contributed by atoms with Crippen LogP contribution in [0.15, 0.2) is 41.3 Å². The Balaban J connectivity index is 2.13. The van der Waals surface area contributed by atoms with Crippen molar-refractivity contribution in [2.45, 2.75) is 17.7 Å². The van der Waals surface area contributed by atoms with Crippen LogP contribution < -0.4 is 9.47 Å². The van der Waals surface area contributed by atoms with Crippen molar-refractivity contribution in [1.82, 2.24) is 0 Å². The monoisotopic (exact) mass is 332 g/mol. The van der Waals surface area contributed by atoms with Gasteiger partial charge in [-0.05, 0) is 42.5 Å². The highest BCUT2D eigenvalue weighted by atomic mass is 32.2. The molecule has 0 heterocycles. The van der Waals surface area contributed by atoms with E-state index in [0.29, 0.717) is 18.6 Å². The van der Waals surface area contributed by atoms with E-state index in [4.69, 9.17) is 9.47 Å². The summed E-state index contributed by atoms with van der Waals surface area (Å²) in [6.07, 6.45) is 2.80. The van der Waals surface area contributed by atoms with E-state index in [1.165, 1.54) is 18.9 Å². The van der Waals surface area contributed by atoms with Crippen LogP contribution in [-0.4, -0.2) is 31.4 Å². The molecule has 23 heavy (non-hydrogen) atoms. The molecule has 2 rings (SSSR count). The number of Topliss-reactive ketones (excluding diaryl/α,β-unsaturated/α-hetero) is 1. The molecule has 1 N–H and O–H groups in total. The molecule has 0 aromatic heterocycles. The van der Waals surface area contributed by atoms with Crippen LogP contribution in [0.2, 0.25) is 0 Å². The van der Waals surface area contributed by atoms with Crippen molar-refractivity contribution >= 4 is 17.5 Å². The fraction of sp³-hybridized carbons (Fsp3) is 0.278. The molecule has 0 aliphatic heterocycles. The molecule has 0 aliphatic carbocycles. The third kappa shape index (κ3) is 4.20. The number of carbonyl (C=O) groups excluding carboxylic acids is 1. The first-order chi connectivity index (χ1) is 11.1. The molecule has 4 nitrogen and oxygen atoms in total. The Morgan fingerprint density at radius 3 is 2.39 bits per heavy atom.